The average molecular weight is 476 g/mol. The number of carbonyl (C=O) groups excluding carboxylic acids is 1. The number of hydrogen-bond acceptors (Lipinski definition) is 8. The minimum absolute atomic E-state index is 0.152. The molecule has 0 radical (unpaired) electrons. The number of anilines is 4. The Kier molecular flexibility index (Phi) is 6.61. The SMILES string of the molecule is O=C(O)CC1CCN(c2ccc(NC(=O)c3nnc(Nc4cc(F)c(F)cc4F)o3)cn2)CC1. The maximum Gasteiger partial charge on any atom is 0.320 e. The van der Waals surface area contributed by atoms with E-state index in [1.54, 1.807) is 12.1 Å². The van der Waals surface area contributed by atoms with E-state index >= 15 is 0 Å². The fourth-order valence-electron chi connectivity index (χ4n) is 3.54. The van der Waals surface area contributed by atoms with Gasteiger partial charge in [0.05, 0.1) is 17.6 Å². The number of aromatic nitrogens is 3. The maximum atomic E-state index is 13.7. The number of carboxylic acids is 1. The summed E-state index contributed by atoms with van der Waals surface area (Å²) in [7, 11) is 0. The van der Waals surface area contributed by atoms with Crippen molar-refractivity contribution in [2.75, 3.05) is 28.6 Å². The molecule has 1 fully saturated rings. The quantitative estimate of drug-likeness (QED) is 0.438. The number of benzene rings is 1. The first-order valence-electron chi connectivity index (χ1n) is 10.3. The van der Waals surface area contributed by atoms with Crippen LogP contribution in [-0.4, -0.2) is 45.3 Å². The van der Waals surface area contributed by atoms with Crippen LogP contribution in [-0.2, 0) is 4.79 Å². The van der Waals surface area contributed by atoms with E-state index in [2.05, 4.69) is 25.8 Å². The maximum absolute atomic E-state index is 13.7. The number of piperidine rings is 1. The van der Waals surface area contributed by atoms with Crippen LogP contribution in [0.1, 0.15) is 29.9 Å². The van der Waals surface area contributed by atoms with E-state index in [1.165, 1.54) is 6.20 Å². The molecule has 178 valence electrons. The van der Waals surface area contributed by atoms with Gasteiger partial charge in [0, 0.05) is 31.6 Å². The predicted octanol–water partition coefficient (Wildman–Crippen LogP) is 3.57. The third kappa shape index (κ3) is 5.42. The smallest absolute Gasteiger partial charge is 0.320 e. The molecule has 0 atom stereocenters. The number of carboxylic acid groups (broad SMARTS) is 1. The van der Waals surface area contributed by atoms with Crippen LogP contribution in [0.15, 0.2) is 34.9 Å². The molecule has 2 aromatic heterocycles. The Morgan fingerprint density at radius 3 is 2.50 bits per heavy atom. The second-order valence-electron chi connectivity index (χ2n) is 7.67. The Morgan fingerprint density at radius 1 is 1.09 bits per heavy atom. The Morgan fingerprint density at radius 2 is 1.82 bits per heavy atom. The first kappa shape index (κ1) is 23.0. The van der Waals surface area contributed by atoms with Crippen molar-refractivity contribution in [1.29, 1.82) is 0 Å². The van der Waals surface area contributed by atoms with Gasteiger partial charge in [-0.3, -0.25) is 9.59 Å². The first-order chi connectivity index (χ1) is 16.3. The van der Waals surface area contributed by atoms with E-state index in [9.17, 15) is 22.8 Å². The van der Waals surface area contributed by atoms with Crippen molar-refractivity contribution in [3.8, 4) is 0 Å². The zero-order chi connectivity index (χ0) is 24.2. The summed E-state index contributed by atoms with van der Waals surface area (Å²) in [5.74, 6) is -4.86. The van der Waals surface area contributed by atoms with Crippen molar-refractivity contribution < 1.29 is 32.3 Å². The number of rotatable bonds is 7. The molecule has 10 nitrogen and oxygen atoms in total. The van der Waals surface area contributed by atoms with Crippen LogP contribution < -0.4 is 15.5 Å². The summed E-state index contributed by atoms with van der Waals surface area (Å²) < 4.78 is 45.2. The van der Waals surface area contributed by atoms with Gasteiger partial charge in [0.2, 0.25) is 0 Å². The Balaban J connectivity index is 1.33. The predicted molar refractivity (Wildman–Crippen MR) is 113 cm³/mol. The van der Waals surface area contributed by atoms with E-state index in [-0.39, 0.29) is 12.3 Å². The van der Waals surface area contributed by atoms with Gasteiger partial charge in [0.25, 0.3) is 0 Å². The molecule has 4 rings (SSSR count). The molecule has 13 heteroatoms. The van der Waals surface area contributed by atoms with Gasteiger partial charge in [0.1, 0.15) is 11.6 Å². The second kappa shape index (κ2) is 9.77. The number of nitrogens with zero attached hydrogens (tertiary/aromatic N) is 4. The molecule has 0 saturated carbocycles. The molecule has 34 heavy (non-hydrogen) atoms. The minimum Gasteiger partial charge on any atom is -0.481 e. The molecule has 3 heterocycles. The van der Waals surface area contributed by atoms with Crippen molar-refractivity contribution in [3.05, 3.63) is 53.8 Å². The molecule has 0 spiro atoms. The van der Waals surface area contributed by atoms with E-state index in [1.807, 2.05) is 4.90 Å². The summed E-state index contributed by atoms with van der Waals surface area (Å²) in [4.78, 5) is 29.6. The van der Waals surface area contributed by atoms with Crippen LogP contribution in [0.3, 0.4) is 0 Å². The summed E-state index contributed by atoms with van der Waals surface area (Å²) in [6.45, 7) is 1.37. The highest BCUT2D eigenvalue weighted by molar-refractivity contribution is 6.00. The number of hydrogen-bond donors (Lipinski definition) is 3. The molecule has 0 unspecified atom stereocenters. The van der Waals surface area contributed by atoms with Gasteiger partial charge in [-0.15, -0.1) is 5.10 Å². The Bertz CT molecular complexity index is 1200. The third-order valence-corrected chi connectivity index (χ3v) is 5.28. The van der Waals surface area contributed by atoms with Crippen LogP contribution in [0, 0.1) is 23.4 Å². The largest absolute Gasteiger partial charge is 0.481 e. The zero-order valence-corrected chi connectivity index (χ0v) is 17.6. The van der Waals surface area contributed by atoms with Crippen molar-refractivity contribution in [3.63, 3.8) is 0 Å². The third-order valence-electron chi connectivity index (χ3n) is 5.28. The van der Waals surface area contributed by atoms with Crippen LogP contribution >= 0.6 is 0 Å². The van der Waals surface area contributed by atoms with Crippen molar-refractivity contribution in [2.45, 2.75) is 19.3 Å². The molecular formula is C21H19F3N6O4. The van der Waals surface area contributed by atoms with Gasteiger partial charge in [0.15, 0.2) is 11.6 Å². The minimum atomic E-state index is -1.35. The molecule has 3 aromatic rings. The Hall–Kier alpha value is -4.16. The normalized spacial score (nSPS) is 14.1. The summed E-state index contributed by atoms with van der Waals surface area (Å²) in [6.07, 6.45) is 3.13. The number of nitrogens with one attached hydrogen (secondary N) is 2. The molecule has 3 N–H and O–H groups in total. The lowest BCUT2D eigenvalue weighted by Crippen LogP contribution is -2.34. The molecular weight excluding hydrogens is 457 g/mol. The summed E-state index contributed by atoms with van der Waals surface area (Å²) in [5.41, 5.74) is -0.0878. The highest BCUT2D eigenvalue weighted by Crippen LogP contribution is 2.25. The van der Waals surface area contributed by atoms with Gasteiger partial charge in [-0.2, -0.15) is 0 Å². The van der Waals surface area contributed by atoms with Gasteiger partial charge in [-0.05, 0) is 30.9 Å². The monoisotopic (exact) mass is 476 g/mol. The first-order valence-corrected chi connectivity index (χ1v) is 10.3. The molecule has 0 aliphatic carbocycles. The molecule has 1 saturated heterocycles. The number of amides is 1. The van der Waals surface area contributed by atoms with Crippen LogP contribution in [0.5, 0.6) is 0 Å². The van der Waals surface area contributed by atoms with Crippen LogP contribution in [0.2, 0.25) is 0 Å². The van der Waals surface area contributed by atoms with Gasteiger partial charge in [-0.1, -0.05) is 5.10 Å². The van der Waals surface area contributed by atoms with Gasteiger partial charge in [-0.25, -0.2) is 18.2 Å². The summed E-state index contributed by atoms with van der Waals surface area (Å²) in [5, 5.41) is 20.8. The standard InChI is InChI=1S/C21H19F3N6O4/c22-13-8-15(24)16(9-14(13)23)27-21-29-28-20(34-21)19(33)26-12-1-2-17(25-10-12)30-5-3-11(4-6-30)7-18(31)32/h1-2,8-11H,3-7H2,(H,26,33)(H,27,29)(H,31,32). The lowest BCUT2D eigenvalue weighted by atomic mass is 9.94. The Labute approximate surface area is 190 Å². The second-order valence-corrected chi connectivity index (χ2v) is 7.67. The number of carbonyl (C=O) groups is 2. The van der Waals surface area contributed by atoms with E-state index in [0.717, 1.165) is 12.8 Å². The molecule has 1 aliphatic rings. The highest BCUT2D eigenvalue weighted by atomic mass is 19.2. The van der Waals surface area contributed by atoms with Crippen molar-refractivity contribution in [2.24, 2.45) is 5.92 Å². The van der Waals surface area contributed by atoms with E-state index in [4.69, 9.17) is 9.52 Å². The fourth-order valence-corrected chi connectivity index (χ4v) is 3.54. The van der Waals surface area contributed by atoms with E-state index < -0.39 is 46.9 Å². The average Bonchev–Trinajstić information content (AvgIpc) is 3.27. The molecule has 0 bridgehead atoms. The topological polar surface area (TPSA) is 133 Å². The lowest BCUT2D eigenvalue weighted by Gasteiger charge is -2.32. The summed E-state index contributed by atoms with van der Waals surface area (Å²) in [6, 6.07) is 3.90. The zero-order valence-electron chi connectivity index (χ0n) is 17.6. The number of pyridine rings is 1. The van der Waals surface area contributed by atoms with E-state index in [0.29, 0.717) is 36.7 Å². The number of aliphatic carboxylic acids is 1. The van der Waals surface area contributed by atoms with Crippen LogP contribution in [0.4, 0.5) is 36.4 Å². The molecule has 1 aromatic carbocycles. The highest BCUT2D eigenvalue weighted by Gasteiger charge is 2.22. The van der Waals surface area contributed by atoms with Crippen LogP contribution in [0.25, 0.3) is 0 Å². The molecule has 1 amide bonds. The number of halogens is 3. The molecule has 1 aliphatic heterocycles. The summed E-state index contributed by atoms with van der Waals surface area (Å²) >= 11 is 0. The van der Waals surface area contributed by atoms with Crippen molar-refractivity contribution >= 4 is 35.1 Å². The fraction of sp³-hybridized carbons (Fsp3) is 0.286. The van der Waals surface area contributed by atoms with Crippen molar-refractivity contribution in [1.82, 2.24) is 15.2 Å². The van der Waals surface area contributed by atoms with Gasteiger partial charge < -0.3 is 25.1 Å². The lowest BCUT2D eigenvalue weighted by molar-refractivity contribution is -0.138. The van der Waals surface area contributed by atoms with Gasteiger partial charge >= 0.3 is 23.8 Å².